The van der Waals surface area contributed by atoms with Crippen LogP contribution in [0.5, 0.6) is 5.75 Å². The fraction of sp³-hybridized carbons (Fsp3) is 0.656. The van der Waals surface area contributed by atoms with Gasteiger partial charge in [-0.05, 0) is 42.1 Å². The molecule has 3 aliphatic rings. The Morgan fingerprint density at radius 3 is 2.24 bits per heavy atom. The smallest absolute Gasteiger partial charge is 0.337 e. The molecule has 0 spiro atoms. The Balaban J connectivity index is 1.92. The van der Waals surface area contributed by atoms with E-state index in [1.807, 2.05) is 0 Å². The quantitative estimate of drug-likeness (QED) is 0.116. The van der Waals surface area contributed by atoms with Gasteiger partial charge < -0.3 is 41.3 Å². The van der Waals surface area contributed by atoms with Gasteiger partial charge in [-0.15, -0.1) is 0 Å². The number of benzene rings is 1. The number of fused-ring (bicyclic) bond motifs is 3. The van der Waals surface area contributed by atoms with Gasteiger partial charge in [0.2, 0.25) is 11.0 Å². The minimum absolute atomic E-state index is 0.0143. The summed E-state index contributed by atoms with van der Waals surface area (Å²) in [5, 5.41) is 61.4. The summed E-state index contributed by atoms with van der Waals surface area (Å²) >= 11 is 0.855. The van der Waals surface area contributed by atoms with Gasteiger partial charge in [0.25, 0.3) is 0 Å². The summed E-state index contributed by atoms with van der Waals surface area (Å²) in [5.74, 6) is -10.7. The lowest BCUT2D eigenvalue weighted by Gasteiger charge is -2.69. The van der Waals surface area contributed by atoms with Crippen molar-refractivity contribution in [2.75, 3.05) is 17.7 Å². The third-order valence-corrected chi connectivity index (χ3v) is 11.8. The summed E-state index contributed by atoms with van der Waals surface area (Å²) in [6, 6.07) is 1.35. The molecular formula is C32H44N2O11S. The fourth-order valence-corrected chi connectivity index (χ4v) is 9.30. The van der Waals surface area contributed by atoms with Crippen molar-refractivity contribution in [3.63, 3.8) is 0 Å². The molecule has 0 bridgehead atoms. The summed E-state index contributed by atoms with van der Waals surface area (Å²) in [6.07, 6.45) is -5.61. The van der Waals surface area contributed by atoms with Gasteiger partial charge in [-0.1, -0.05) is 59.4 Å². The molecule has 4 rings (SSSR count). The molecule has 1 aromatic carbocycles. The number of Topliss-reactive ketones (excluding diaryl/α,β-unsaturated/α-hetero) is 2. The van der Waals surface area contributed by atoms with E-state index in [2.05, 4.69) is 5.32 Å². The maximum Gasteiger partial charge on any atom is 0.337 e. The molecule has 46 heavy (non-hydrogen) atoms. The number of rotatable bonds is 8. The summed E-state index contributed by atoms with van der Waals surface area (Å²) in [7, 11) is 0. The highest BCUT2D eigenvalue weighted by Gasteiger charge is 2.80. The lowest BCUT2D eigenvalue weighted by Crippen LogP contribution is -2.83. The standard InChI is InChI=1S/C32H44N2O11S/c1-8-45-27(41)20(28(42)46-9-2)34-15-11-10-14-13(5)30(6)19(22(36)16(14)21(15)35)25(39)32(44)24(38)17(26(33)40)23(37)18(12(3)4)31(32,7)29(30)43/h10-13,17-20,23,25,29,34-35,37,39,43-44H,8-9H2,1-7H3,(H2,33,40)/t13-,17-,18+,19-,20?,23?,25?,29-,30+,31+,32+/m1/s1. The van der Waals surface area contributed by atoms with Crippen molar-refractivity contribution < 1.29 is 54.2 Å². The Bertz CT molecular complexity index is 1450. The first-order valence-electron chi connectivity index (χ1n) is 15.4. The molecule has 1 amide bonds. The Morgan fingerprint density at radius 2 is 1.72 bits per heavy atom. The van der Waals surface area contributed by atoms with Crippen LogP contribution in [0.25, 0.3) is 0 Å². The molecule has 13 nitrogen and oxygen atoms in total. The van der Waals surface area contributed by atoms with Crippen LogP contribution in [0.4, 0.5) is 5.69 Å². The molecule has 8 N–H and O–H groups in total. The van der Waals surface area contributed by atoms with E-state index >= 15 is 0 Å². The van der Waals surface area contributed by atoms with Gasteiger partial charge in [0.1, 0.15) is 17.8 Å². The number of thioether (sulfide) groups is 1. The molecule has 11 atom stereocenters. The molecular weight excluding hydrogens is 620 g/mol. The molecule has 2 saturated carbocycles. The third kappa shape index (κ3) is 4.62. The van der Waals surface area contributed by atoms with E-state index in [-0.39, 0.29) is 23.4 Å². The van der Waals surface area contributed by atoms with Crippen molar-refractivity contribution >= 4 is 46.0 Å². The lowest BCUT2D eigenvalue weighted by molar-refractivity contribution is -0.306. The number of aromatic hydroxyl groups is 1. The predicted octanol–water partition coefficient (Wildman–Crippen LogP) is 0.728. The first-order valence-corrected chi connectivity index (χ1v) is 16.4. The number of amides is 1. The van der Waals surface area contributed by atoms with E-state index in [9.17, 15) is 49.5 Å². The molecule has 254 valence electrons. The minimum Gasteiger partial charge on any atom is -0.505 e. The molecule has 3 aliphatic carbocycles. The molecule has 0 heterocycles. The molecule has 0 aliphatic heterocycles. The van der Waals surface area contributed by atoms with Gasteiger partial charge in [0, 0.05) is 10.8 Å². The largest absolute Gasteiger partial charge is 0.505 e. The number of ether oxygens (including phenoxy) is 1. The number of phenols is 1. The van der Waals surface area contributed by atoms with Gasteiger partial charge >= 0.3 is 5.97 Å². The first kappa shape index (κ1) is 35.8. The zero-order valence-corrected chi connectivity index (χ0v) is 27.8. The van der Waals surface area contributed by atoms with Gasteiger partial charge in [0.05, 0.1) is 36.0 Å². The van der Waals surface area contributed by atoms with Crippen molar-refractivity contribution in [2.45, 2.75) is 84.3 Å². The van der Waals surface area contributed by atoms with Crippen molar-refractivity contribution in [1.29, 1.82) is 0 Å². The summed E-state index contributed by atoms with van der Waals surface area (Å²) in [6.45, 7) is 11.2. The van der Waals surface area contributed by atoms with Crippen LogP contribution in [-0.4, -0.2) is 96.4 Å². The highest BCUT2D eigenvalue weighted by Crippen LogP contribution is 2.68. The molecule has 0 saturated heterocycles. The normalized spacial score (nSPS) is 37.5. The number of nitrogens with one attached hydrogen (secondary N) is 1. The predicted molar refractivity (Wildman–Crippen MR) is 167 cm³/mol. The van der Waals surface area contributed by atoms with E-state index in [0.29, 0.717) is 5.75 Å². The van der Waals surface area contributed by atoms with Gasteiger partial charge in [0.15, 0.2) is 23.2 Å². The van der Waals surface area contributed by atoms with Crippen LogP contribution in [0, 0.1) is 34.5 Å². The second-order valence-corrected chi connectivity index (χ2v) is 14.6. The topological polar surface area (TPSA) is 234 Å². The average Bonchev–Trinajstić information content (AvgIpc) is 2.96. The van der Waals surface area contributed by atoms with E-state index in [1.54, 1.807) is 34.6 Å². The number of anilines is 1. The van der Waals surface area contributed by atoms with E-state index in [0.717, 1.165) is 11.8 Å². The zero-order valence-electron chi connectivity index (χ0n) is 26.9. The SMILES string of the molecule is CCOC(=O)C(Nc1ccc2c(c1O)C(=O)[C@@H]1C(O)[C@@]3(O)C(=O)[C@H](C(N)=O)C(O)[C@H](C(C)C)[C@@]3(C)[C@H](O)[C@@]1(C)[C@@H]2C)C(=O)SCC. The van der Waals surface area contributed by atoms with Crippen molar-refractivity contribution in [2.24, 2.45) is 40.2 Å². The van der Waals surface area contributed by atoms with Gasteiger partial charge in [-0.2, -0.15) is 0 Å². The van der Waals surface area contributed by atoms with Gasteiger partial charge in [-0.25, -0.2) is 4.79 Å². The van der Waals surface area contributed by atoms with Crippen LogP contribution in [0.1, 0.15) is 70.3 Å². The number of aliphatic hydroxyl groups is 4. The monoisotopic (exact) mass is 664 g/mol. The number of phenolic OH excluding ortho intramolecular Hbond substituents is 1. The molecule has 3 unspecified atom stereocenters. The van der Waals surface area contributed by atoms with Crippen LogP contribution in [0.15, 0.2) is 12.1 Å². The van der Waals surface area contributed by atoms with Crippen molar-refractivity contribution in [1.82, 2.24) is 0 Å². The maximum absolute atomic E-state index is 14.4. The highest BCUT2D eigenvalue weighted by molar-refractivity contribution is 8.13. The third-order valence-electron chi connectivity index (χ3n) is 11.0. The fourth-order valence-electron chi connectivity index (χ4n) is 8.70. The second kappa shape index (κ2) is 12.2. The maximum atomic E-state index is 14.4. The summed E-state index contributed by atoms with van der Waals surface area (Å²) < 4.78 is 5.03. The second-order valence-electron chi connectivity index (χ2n) is 13.3. The minimum atomic E-state index is -2.92. The Hall–Kier alpha value is -3.04. The van der Waals surface area contributed by atoms with Crippen LogP contribution < -0.4 is 11.1 Å². The molecule has 0 radical (unpaired) electrons. The first-order chi connectivity index (χ1) is 21.3. The number of nitrogens with two attached hydrogens (primary N) is 1. The van der Waals surface area contributed by atoms with E-state index in [1.165, 1.54) is 26.0 Å². The van der Waals surface area contributed by atoms with Crippen LogP contribution in [0.3, 0.4) is 0 Å². The number of aliphatic hydroxyl groups excluding tert-OH is 3. The number of hydrogen-bond acceptors (Lipinski definition) is 13. The highest BCUT2D eigenvalue weighted by atomic mass is 32.2. The van der Waals surface area contributed by atoms with Crippen LogP contribution in [-0.2, 0) is 23.9 Å². The molecule has 14 heteroatoms. The number of hydrogen-bond donors (Lipinski definition) is 7. The number of primary amides is 1. The van der Waals surface area contributed by atoms with Crippen molar-refractivity contribution in [3.8, 4) is 5.75 Å². The molecule has 1 aromatic rings. The number of ketones is 2. The lowest BCUT2D eigenvalue weighted by atomic mass is 9.36. The summed E-state index contributed by atoms with van der Waals surface area (Å²) in [4.78, 5) is 66.2. The number of carbonyl (C=O) groups is 5. The number of esters is 1. The summed E-state index contributed by atoms with van der Waals surface area (Å²) in [5.41, 5.74) is -1.14. The van der Waals surface area contributed by atoms with Crippen LogP contribution >= 0.6 is 11.8 Å². The molecule has 0 aromatic heterocycles. The Kier molecular flexibility index (Phi) is 9.50. The van der Waals surface area contributed by atoms with Crippen molar-refractivity contribution in [3.05, 3.63) is 23.3 Å². The Morgan fingerprint density at radius 1 is 1.11 bits per heavy atom. The Labute approximate surface area is 271 Å². The van der Waals surface area contributed by atoms with E-state index in [4.69, 9.17) is 10.5 Å². The van der Waals surface area contributed by atoms with Crippen LogP contribution in [0.2, 0.25) is 0 Å². The molecule has 2 fully saturated rings. The van der Waals surface area contributed by atoms with E-state index < -0.39 is 105 Å². The van der Waals surface area contributed by atoms with Gasteiger partial charge in [-0.3, -0.25) is 19.2 Å². The average molecular weight is 665 g/mol. The number of carbonyl (C=O) groups excluding carboxylic acids is 5. The zero-order chi connectivity index (χ0) is 34.8.